The summed E-state index contributed by atoms with van der Waals surface area (Å²) in [5.74, 6) is 2.06. The van der Waals surface area contributed by atoms with Crippen LogP contribution in [0.2, 0.25) is 0 Å². The summed E-state index contributed by atoms with van der Waals surface area (Å²) in [6, 6.07) is 12.0. The first-order chi connectivity index (χ1) is 14.3. The standard InChI is InChI=1S/C21H25N3O5S/c1-5-28-16-8-6-15(7-9-16)21-23-20(29-24-21)13-22-30(25,26)17-10-11-19(27-4)18(12-17)14(2)3/h6-12,14,22H,5,13H2,1-4H3. The van der Waals surface area contributed by atoms with Crippen LogP contribution in [-0.4, -0.2) is 32.3 Å². The highest BCUT2D eigenvalue weighted by Crippen LogP contribution is 2.29. The fourth-order valence-corrected chi connectivity index (χ4v) is 3.89. The van der Waals surface area contributed by atoms with Gasteiger partial charge in [0, 0.05) is 5.56 Å². The molecule has 0 saturated heterocycles. The third kappa shape index (κ3) is 4.98. The predicted octanol–water partition coefficient (Wildman–Crippen LogP) is 3.75. The largest absolute Gasteiger partial charge is 0.496 e. The molecule has 1 aromatic heterocycles. The van der Waals surface area contributed by atoms with Gasteiger partial charge >= 0.3 is 0 Å². The average Bonchev–Trinajstić information content (AvgIpc) is 3.22. The topological polar surface area (TPSA) is 104 Å². The molecule has 0 spiro atoms. The SMILES string of the molecule is CCOc1ccc(-c2noc(CNS(=O)(=O)c3ccc(OC)c(C(C)C)c3)n2)cc1. The monoisotopic (exact) mass is 431 g/mol. The number of aromatic nitrogens is 2. The third-order valence-corrected chi connectivity index (χ3v) is 5.84. The van der Waals surface area contributed by atoms with Gasteiger partial charge in [0.25, 0.3) is 0 Å². The molecule has 0 saturated carbocycles. The molecular weight excluding hydrogens is 406 g/mol. The van der Waals surface area contributed by atoms with Crippen LogP contribution in [-0.2, 0) is 16.6 Å². The van der Waals surface area contributed by atoms with Gasteiger partial charge in [-0.25, -0.2) is 13.1 Å². The number of rotatable bonds is 9. The molecule has 1 N–H and O–H groups in total. The number of ether oxygens (including phenoxy) is 2. The van der Waals surface area contributed by atoms with Gasteiger partial charge < -0.3 is 14.0 Å². The van der Waals surface area contributed by atoms with Crippen molar-refractivity contribution < 1.29 is 22.4 Å². The first-order valence-electron chi connectivity index (χ1n) is 9.57. The first kappa shape index (κ1) is 21.8. The van der Waals surface area contributed by atoms with Crippen molar-refractivity contribution in [2.24, 2.45) is 0 Å². The van der Waals surface area contributed by atoms with Gasteiger partial charge in [-0.15, -0.1) is 0 Å². The smallest absolute Gasteiger partial charge is 0.242 e. The van der Waals surface area contributed by atoms with Crippen LogP contribution in [0.1, 0.15) is 38.1 Å². The number of benzene rings is 2. The molecular formula is C21H25N3O5S. The number of hydrogen-bond acceptors (Lipinski definition) is 7. The Bertz CT molecular complexity index is 1090. The summed E-state index contributed by atoms with van der Waals surface area (Å²) in [7, 11) is -2.20. The van der Waals surface area contributed by atoms with Gasteiger partial charge in [0.15, 0.2) is 0 Å². The Morgan fingerprint density at radius 2 is 1.87 bits per heavy atom. The second-order valence-electron chi connectivity index (χ2n) is 6.85. The molecule has 0 bridgehead atoms. The lowest BCUT2D eigenvalue weighted by Crippen LogP contribution is -2.23. The van der Waals surface area contributed by atoms with E-state index in [0.29, 0.717) is 18.2 Å². The molecule has 30 heavy (non-hydrogen) atoms. The zero-order chi connectivity index (χ0) is 21.7. The molecule has 0 amide bonds. The summed E-state index contributed by atoms with van der Waals surface area (Å²) < 4.78 is 43.8. The van der Waals surface area contributed by atoms with Gasteiger partial charge in [0.05, 0.1) is 25.2 Å². The van der Waals surface area contributed by atoms with Crippen molar-refractivity contribution in [3.8, 4) is 22.9 Å². The summed E-state index contributed by atoms with van der Waals surface area (Å²) in [6.07, 6.45) is 0. The second kappa shape index (κ2) is 9.27. The molecule has 3 aromatic rings. The highest BCUT2D eigenvalue weighted by molar-refractivity contribution is 7.89. The Balaban J connectivity index is 1.72. The van der Waals surface area contributed by atoms with Gasteiger partial charge in [-0.05, 0) is 60.9 Å². The van der Waals surface area contributed by atoms with Crippen molar-refractivity contribution >= 4 is 10.0 Å². The maximum atomic E-state index is 12.7. The lowest BCUT2D eigenvalue weighted by molar-refractivity contribution is 0.340. The predicted molar refractivity (Wildman–Crippen MR) is 112 cm³/mol. The molecule has 0 fully saturated rings. The molecule has 1 heterocycles. The maximum Gasteiger partial charge on any atom is 0.242 e. The molecule has 0 aliphatic carbocycles. The lowest BCUT2D eigenvalue weighted by Gasteiger charge is -2.13. The molecule has 160 valence electrons. The fraction of sp³-hybridized carbons (Fsp3) is 0.333. The zero-order valence-corrected chi connectivity index (χ0v) is 18.2. The Labute approximate surface area is 176 Å². The Morgan fingerprint density at radius 3 is 2.50 bits per heavy atom. The zero-order valence-electron chi connectivity index (χ0n) is 17.4. The Hall–Kier alpha value is -2.91. The third-order valence-electron chi connectivity index (χ3n) is 4.44. The van der Waals surface area contributed by atoms with Crippen LogP contribution in [0.3, 0.4) is 0 Å². The van der Waals surface area contributed by atoms with Crippen molar-refractivity contribution in [3.05, 3.63) is 53.9 Å². The van der Waals surface area contributed by atoms with E-state index in [1.54, 1.807) is 19.2 Å². The van der Waals surface area contributed by atoms with Crippen molar-refractivity contribution in [1.29, 1.82) is 0 Å². The number of methoxy groups -OCH3 is 1. The van der Waals surface area contributed by atoms with Crippen LogP contribution in [0.25, 0.3) is 11.4 Å². The molecule has 0 aliphatic rings. The quantitative estimate of drug-likeness (QED) is 0.550. The van der Waals surface area contributed by atoms with Crippen molar-refractivity contribution in [2.45, 2.75) is 38.1 Å². The molecule has 0 atom stereocenters. The molecule has 3 rings (SSSR count). The van der Waals surface area contributed by atoms with Crippen LogP contribution >= 0.6 is 0 Å². The minimum atomic E-state index is -3.76. The van der Waals surface area contributed by atoms with Gasteiger partial charge in [-0.1, -0.05) is 19.0 Å². The van der Waals surface area contributed by atoms with E-state index in [2.05, 4.69) is 14.9 Å². The second-order valence-corrected chi connectivity index (χ2v) is 8.62. The van der Waals surface area contributed by atoms with Crippen molar-refractivity contribution in [1.82, 2.24) is 14.9 Å². The van der Waals surface area contributed by atoms with E-state index in [-0.39, 0.29) is 23.2 Å². The molecule has 9 heteroatoms. The van der Waals surface area contributed by atoms with E-state index in [9.17, 15) is 8.42 Å². The molecule has 8 nitrogen and oxygen atoms in total. The molecule has 0 aliphatic heterocycles. The highest BCUT2D eigenvalue weighted by atomic mass is 32.2. The maximum absolute atomic E-state index is 12.7. The van der Waals surface area contributed by atoms with Crippen LogP contribution in [0.5, 0.6) is 11.5 Å². The van der Waals surface area contributed by atoms with E-state index < -0.39 is 10.0 Å². The number of nitrogens with one attached hydrogen (secondary N) is 1. The number of hydrogen-bond donors (Lipinski definition) is 1. The van der Waals surface area contributed by atoms with E-state index >= 15 is 0 Å². The van der Waals surface area contributed by atoms with Gasteiger partial charge in [-0.2, -0.15) is 4.98 Å². The minimum absolute atomic E-state index is 0.114. The summed E-state index contributed by atoms with van der Waals surface area (Å²) in [4.78, 5) is 4.41. The van der Waals surface area contributed by atoms with E-state index in [1.807, 2.05) is 45.0 Å². The van der Waals surface area contributed by atoms with Crippen LogP contribution in [0, 0.1) is 0 Å². The summed E-state index contributed by atoms with van der Waals surface area (Å²) in [5.41, 5.74) is 1.56. The van der Waals surface area contributed by atoms with Gasteiger partial charge in [-0.3, -0.25) is 0 Å². The first-order valence-corrected chi connectivity index (χ1v) is 11.1. The van der Waals surface area contributed by atoms with E-state index in [0.717, 1.165) is 16.9 Å². The van der Waals surface area contributed by atoms with Gasteiger partial charge in [0.2, 0.25) is 21.7 Å². The number of nitrogens with zero attached hydrogens (tertiary/aromatic N) is 2. The summed E-state index contributed by atoms with van der Waals surface area (Å²) in [5, 5.41) is 3.92. The molecule has 2 aromatic carbocycles. The van der Waals surface area contributed by atoms with Gasteiger partial charge in [0.1, 0.15) is 11.5 Å². The van der Waals surface area contributed by atoms with Crippen LogP contribution in [0.15, 0.2) is 51.9 Å². The summed E-state index contributed by atoms with van der Waals surface area (Å²) >= 11 is 0. The number of sulfonamides is 1. The van der Waals surface area contributed by atoms with E-state index in [1.165, 1.54) is 6.07 Å². The minimum Gasteiger partial charge on any atom is -0.496 e. The Kier molecular flexibility index (Phi) is 6.73. The Morgan fingerprint density at radius 1 is 1.13 bits per heavy atom. The lowest BCUT2D eigenvalue weighted by atomic mass is 10.0. The highest BCUT2D eigenvalue weighted by Gasteiger charge is 2.19. The van der Waals surface area contributed by atoms with E-state index in [4.69, 9.17) is 14.0 Å². The fourth-order valence-electron chi connectivity index (χ4n) is 2.88. The van der Waals surface area contributed by atoms with Crippen LogP contribution < -0.4 is 14.2 Å². The molecule has 0 unspecified atom stereocenters. The molecule has 0 radical (unpaired) electrons. The average molecular weight is 432 g/mol. The van der Waals surface area contributed by atoms with Crippen molar-refractivity contribution in [2.75, 3.05) is 13.7 Å². The normalized spacial score (nSPS) is 11.6. The van der Waals surface area contributed by atoms with Crippen LogP contribution in [0.4, 0.5) is 0 Å². The van der Waals surface area contributed by atoms with Crippen molar-refractivity contribution in [3.63, 3.8) is 0 Å². The summed E-state index contributed by atoms with van der Waals surface area (Å²) in [6.45, 7) is 6.33.